The van der Waals surface area contributed by atoms with E-state index in [4.69, 9.17) is 0 Å². The van der Waals surface area contributed by atoms with Crippen molar-refractivity contribution < 1.29 is 34.8 Å². The Morgan fingerprint density at radius 2 is 0.642 bits per heavy atom. The molecule has 0 aliphatic rings. The molecule has 4 N–H and O–H groups in total. The fourth-order valence-electron chi connectivity index (χ4n) is 7.66. The summed E-state index contributed by atoms with van der Waals surface area (Å²) >= 11 is 0. The van der Waals surface area contributed by atoms with Crippen molar-refractivity contribution in [1.82, 2.24) is 0 Å². The van der Waals surface area contributed by atoms with Gasteiger partial charge in [0.2, 0.25) is 0 Å². The number of unbranched alkanes of at least 4 members (excludes halogenated alkanes) is 30. The fourth-order valence-corrected chi connectivity index (χ4v) is 7.66. The number of carbonyl (C=O) groups excluding carboxylic acids is 3. The molecular weight excluding hydrogens is 664 g/mol. The van der Waals surface area contributed by atoms with E-state index in [0.29, 0.717) is 19.3 Å². The van der Waals surface area contributed by atoms with E-state index in [1.54, 1.807) is 0 Å². The number of ketones is 3. The van der Waals surface area contributed by atoms with Crippen LogP contribution in [-0.4, -0.2) is 61.7 Å². The molecule has 0 bridgehead atoms. The minimum absolute atomic E-state index is 0.0689. The molecule has 3 atom stereocenters. The van der Waals surface area contributed by atoms with Crippen molar-refractivity contribution in [3.8, 4) is 0 Å². The number of aliphatic hydroxyl groups is 4. The van der Waals surface area contributed by atoms with Gasteiger partial charge in [0.1, 0.15) is 0 Å². The van der Waals surface area contributed by atoms with Crippen LogP contribution in [0.25, 0.3) is 0 Å². The first kappa shape index (κ1) is 51.9. The minimum atomic E-state index is -3.09. The second-order valence-electron chi connectivity index (χ2n) is 16.4. The van der Waals surface area contributed by atoms with Crippen molar-refractivity contribution in [3.05, 3.63) is 0 Å². The van der Waals surface area contributed by atoms with Crippen LogP contribution >= 0.6 is 0 Å². The van der Waals surface area contributed by atoms with E-state index in [1.165, 1.54) is 116 Å². The molecule has 314 valence electrons. The Kier molecular flexibility index (Phi) is 34.5. The topological polar surface area (TPSA) is 132 Å². The molecule has 0 aliphatic carbocycles. The highest BCUT2D eigenvalue weighted by Gasteiger charge is 2.63. The summed E-state index contributed by atoms with van der Waals surface area (Å²) in [6.45, 7) is 5.40. The van der Waals surface area contributed by atoms with Gasteiger partial charge in [-0.15, -0.1) is 0 Å². The highest BCUT2D eigenvalue weighted by Crippen LogP contribution is 2.33. The molecule has 53 heavy (non-hydrogen) atoms. The van der Waals surface area contributed by atoms with Crippen molar-refractivity contribution in [2.75, 3.05) is 6.61 Å². The lowest BCUT2D eigenvalue weighted by Gasteiger charge is -2.42. The molecule has 7 nitrogen and oxygen atoms in total. The molecule has 0 amide bonds. The number of carbonyl (C=O) groups is 3. The number of hydrogen-bond acceptors (Lipinski definition) is 7. The third-order valence-electron chi connectivity index (χ3n) is 11.5. The summed E-state index contributed by atoms with van der Waals surface area (Å²) < 4.78 is 0. The van der Waals surface area contributed by atoms with Crippen LogP contribution in [0.1, 0.15) is 252 Å². The van der Waals surface area contributed by atoms with Gasteiger partial charge in [0.05, 0.1) is 6.61 Å². The first-order valence-corrected chi connectivity index (χ1v) is 23.0. The van der Waals surface area contributed by atoms with Gasteiger partial charge in [-0.05, 0) is 19.3 Å². The van der Waals surface area contributed by atoms with Crippen LogP contribution in [0.5, 0.6) is 0 Å². The summed E-state index contributed by atoms with van der Waals surface area (Å²) in [5, 5.41) is 45.1. The molecule has 7 heteroatoms. The molecule has 1 unspecified atom stereocenters. The van der Waals surface area contributed by atoms with Crippen LogP contribution in [0.4, 0.5) is 0 Å². The van der Waals surface area contributed by atoms with Gasteiger partial charge in [-0.3, -0.25) is 14.4 Å². The molecule has 0 aromatic rings. The first-order chi connectivity index (χ1) is 25.7. The van der Waals surface area contributed by atoms with Crippen LogP contribution in [0.3, 0.4) is 0 Å². The van der Waals surface area contributed by atoms with E-state index < -0.39 is 41.3 Å². The number of hydrogen-bond donors (Lipinski definition) is 4. The minimum Gasteiger partial charge on any atom is -0.393 e. The lowest BCUT2D eigenvalue weighted by atomic mass is 9.70. The summed E-state index contributed by atoms with van der Waals surface area (Å²) in [6.07, 6.45) is 32.9. The van der Waals surface area contributed by atoms with E-state index in [2.05, 4.69) is 20.8 Å². The van der Waals surface area contributed by atoms with Gasteiger partial charge < -0.3 is 20.4 Å². The molecule has 0 saturated carbocycles. The van der Waals surface area contributed by atoms with E-state index in [9.17, 15) is 34.8 Å². The van der Waals surface area contributed by atoms with Gasteiger partial charge in [0.25, 0.3) is 0 Å². The maximum absolute atomic E-state index is 13.7. The monoisotopic (exact) mass is 753 g/mol. The molecule has 0 fully saturated rings. The lowest BCUT2D eigenvalue weighted by Crippen LogP contribution is -2.72. The summed E-state index contributed by atoms with van der Waals surface area (Å²) in [5.74, 6) is -2.62. The Balaban J connectivity index is 5.16. The molecule has 0 rings (SSSR count). The number of rotatable bonds is 42. The maximum atomic E-state index is 13.7. The standard InChI is InChI=1S/C46H88O7/c1-4-7-10-13-16-19-22-25-28-31-34-37-41(48)44(51)46(53,43(50)39-36-33-30-27-24-21-18-15-12-9-6-3)45(52,40-47)42(49)38-35-32-29-26-23-20-17-14-11-8-5-2/h44,47,51-53H,4-40H2,1-3H3/t44?,45-,46-/m0/s1. The third-order valence-corrected chi connectivity index (χ3v) is 11.5. The van der Waals surface area contributed by atoms with Crippen molar-refractivity contribution in [2.24, 2.45) is 0 Å². The Hall–Kier alpha value is -1.15. The Labute approximate surface area is 327 Å². The second kappa shape index (κ2) is 35.3. The predicted octanol–water partition coefficient (Wildman–Crippen LogP) is 11.6. The third kappa shape index (κ3) is 23.5. The molecule has 0 aliphatic heterocycles. The normalized spacial score (nSPS) is 14.5. The average molecular weight is 753 g/mol. The van der Waals surface area contributed by atoms with E-state index in [1.807, 2.05) is 0 Å². The summed E-state index contributed by atoms with van der Waals surface area (Å²) in [4.78, 5) is 40.5. The highest BCUT2D eigenvalue weighted by atomic mass is 16.4. The van der Waals surface area contributed by atoms with Crippen LogP contribution < -0.4 is 0 Å². The summed E-state index contributed by atoms with van der Waals surface area (Å²) in [5.41, 5.74) is -6.05. The second-order valence-corrected chi connectivity index (χ2v) is 16.4. The predicted molar refractivity (Wildman–Crippen MR) is 221 cm³/mol. The van der Waals surface area contributed by atoms with E-state index in [-0.39, 0.29) is 19.3 Å². The van der Waals surface area contributed by atoms with Crippen LogP contribution in [0, 0.1) is 0 Å². The van der Waals surface area contributed by atoms with Gasteiger partial charge in [-0.1, -0.05) is 213 Å². The van der Waals surface area contributed by atoms with Crippen molar-refractivity contribution in [3.63, 3.8) is 0 Å². The van der Waals surface area contributed by atoms with Gasteiger partial charge in [0, 0.05) is 19.3 Å². The first-order valence-electron chi connectivity index (χ1n) is 23.0. The average Bonchev–Trinajstić information content (AvgIpc) is 3.16. The largest absolute Gasteiger partial charge is 0.393 e. The zero-order chi connectivity index (χ0) is 39.5. The molecule has 0 aromatic heterocycles. The zero-order valence-corrected chi connectivity index (χ0v) is 35.3. The zero-order valence-electron chi connectivity index (χ0n) is 35.3. The van der Waals surface area contributed by atoms with Crippen LogP contribution in [0.2, 0.25) is 0 Å². The Morgan fingerprint density at radius 1 is 0.396 bits per heavy atom. The van der Waals surface area contributed by atoms with Crippen LogP contribution in [-0.2, 0) is 14.4 Å². The molecule has 0 spiro atoms. The van der Waals surface area contributed by atoms with Crippen molar-refractivity contribution >= 4 is 17.3 Å². The lowest BCUT2D eigenvalue weighted by molar-refractivity contribution is -0.213. The number of Topliss-reactive ketones (excluding diaryl/α,β-unsaturated/α-hetero) is 3. The van der Waals surface area contributed by atoms with Crippen molar-refractivity contribution in [1.29, 1.82) is 0 Å². The fraction of sp³-hybridized carbons (Fsp3) is 0.935. The SMILES string of the molecule is CCCCCCCCCCCCCC(=O)C(O)[C@@](O)(C(=O)CCCCCCCCCCCCC)[C@](O)(CO)C(=O)CCCCCCCCCCCCC. The summed E-state index contributed by atoms with van der Waals surface area (Å²) in [6, 6.07) is 0. The van der Waals surface area contributed by atoms with E-state index in [0.717, 1.165) is 77.0 Å². The van der Waals surface area contributed by atoms with Crippen molar-refractivity contribution in [2.45, 2.75) is 269 Å². The maximum Gasteiger partial charge on any atom is 0.194 e. The van der Waals surface area contributed by atoms with E-state index >= 15 is 0 Å². The Bertz CT molecular complexity index is 876. The van der Waals surface area contributed by atoms with Gasteiger partial charge in [-0.25, -0.2) is 0 Å². The molecule has 0 heterocycles. The Morgan fingerprint density at radius 3 is 0.925 bits per heavy atom. The quantitative estimate of drug-likeness (QED) is 0.0456. The number of aliphatic hydroxyl groups excluding tert-OH is 2. The molecule has 0 saturated heterocycles. The van der Waals surface area contributed by atoms with Gasteiger partial charge in [0.15, 0.2) is 34.7 Å². The molecular formula is C46H88O7. The van der Waals surface area contributed by atoms with Gasteiger partial charge in [-0.2, -0.15) is 0 Å². The van der Waals surface area contributed by atoms with Gasteiger partial charge >= 0.3 is 0 Å². The summed E-state index contributed by atoms with van der Waals surface area (Å²) in [7, 11) is 0. The highest BCUT2D eigenvalue weighted by molar-refractivity contribution is 6.04. The smallest absolute Gasteiger partial charge is 0.194 e. The molecule has 0 radical (unpaired) electrons. The molecule has 0 aromatic carbocycles. The van der Waals surface area contributed by atoms with Crippen LogP contribution in [0.15, 0.2) is 0 Å².